The molecule has 0 aliphatic carbocycles. The zero-order valence-corrected chi connectivity index (χ0v) is 12.8. The highest BCUT2D eigenvalue weighted by Gasteiger charge is 2.10. The minimum Gasteiger partial charge on any atom is -0.467 e. The lowest BCUT2D eigenvalue weighted by molar-refractivity contribution is -0.118. The van der Waals surface area contributed by atoms with Gasteiger partial charge < -0.3 is 14.2 Å². The highest BCUT2D eigenvalue weighted by Crippen LogP contribution is 2.25. The van der Waals surface area contributed by atoms with E-state index in [1.54, 1.807) is 36.7 Å². The summed E-state index contributed by atoms with van der Waals surface area (Å²) >= 11 is 1.19. The van der Waals surface area contributed by atoms with Crippen LogP contribution in [0.2, 0.25) is 0 Å². The molecule has 2 heterocycles. The first-order valence-corrected chi connectivity index (χ1v) is 7.83. The van der Waals surface area contributed by atoms with E-state index in [1.165, 1.54) is 23.9 Å². The molecule has 0 radical (unpaired) electrons. The average Bonchev–Trinajstić information content (AvgIpc) is 3.23. The minimum absolute atomic E-state index is 0.145. The summed E-state index contributed by atoms with van der Waals surface area (Å²) in [5.41, 5.74) is 0.730. The number of nitrogens with zero attached hydrogens (tertiary/aromatic N) is 1. The highest BCUT2D eigenvalue weighted by atomic mass is 32.2. The van der Waals surface area contributed by atoms with Gasteiger partial charge >= 0.3 is 0 Å². The summed E-state index contributed by atoms with van der Waals surface area (Å²) in [7, 11) is 0. The fraction of sp³-hybridized carbons (Fsp3) is 0.125. The Morgan fingerprint density at radius 3 is 2.83 bits per heavy atom. The van der Waals surface area contributed by atoms with Crippen LogP contribution in [0.4, 0.5) is 4.39 Å². The molecule has 3 rings (SSSR count). The van der Waals surface area contributed by atoms with E-state index in [9.17, 15) is 9.18 Å². The molecule has 23 heavy (non-hydrogen) atoms. The monoisotopic (exact) mass is 332 g/mol. The van der Waals surface area contributed by atoms with Crippen LogP contribution in [0.3, 0.4) is 0 Å². The number of amides is 1. The second-order valence-electron chi connectivity index (χ2n) is 4.64. The average molecular weight is 332 g/mol. The largest absolute Gasteiger partial charge is 0.467 e. The van der Waals surface area contributed by atoms with Crippen LogP contribution in [0.15, 0.2) is 62.9 Å². The third-order valence-corrected chi connectivity index (χ3v) is 3.82. The molecule has 0 saturated carbocycles. The number of furan rings is 1. The van der Waals surface area contributed by atoms with Gasteiger partial charge in [-0.1, -0.05) is 11.8 Å². The number of oxazole rings is 1. The molecule has 0 aliphatic rings. The number of carbonyl (C=O) groups excluding carboxylic acids is 1. The summed E-state index contributed by atoms with van der Waals surface area (Å²) in [5.74, 6) is 0.954. The third-order valence-electron chi connectivity index (χ3n) is 2.98. The fourth-order valence-corrected chi connectivity index (χ4v) is 2.48. The number of aromatic nitrogens is 1. The Balaban J connectivity index is 1.50. The van der Waals surface area contributed by atoms with Gasteiger partial charge in [-0.3, -0.25) is 4.79 Å². The van der Waals surface area contributed by atoms with Crippen molar-refractivity contribution in [1.29, 1.82) is 0 Å². The van der Waals surface area contributed by atoms with Gasteiger partial charge in [0.15, 0.2) is 5.76 Å². The van der Waals surface area contributed by atoms with Crippen molar-refractivity contribution in [2.75, 3.05) is 5.75 Å². The van der Waals surface area contributed by atoms with Crippen molar-refractivity contribution in [1.82, 2.24) is 10.3 Å². The topological polar surface area (TPSA) is 68.3 Å². The van der Waals surface area contributed by atoms with Gasteiger partial charge in [-0.15, -0.1) is 0 Å². The first kappa shape index (κ1) is 15.4. The minimum atomic E-state index is -0.309. The van der Waals surface area contributed by atoms with Crippen LogP contribution >= 0.6 is 11.8 Å². The van der Waals surface area contributed by atoms with E-state index in [0.29, 0.717) is 23.3 Å². The molecule has 2 aromatic heterocycles. The second-order valence-corrected chi connectivity index (χ2v) is 5.57. The van der Waals surface area contributed by atoms with E-state index in [1.807, 2.05) is 0 Å². The van der Waals surface area contributed by atoms with Crippen LogP contribution in [-0.2, 0) is 11.3 Å². The molecule has 1 N–H and O–H groups in total. The quantitative estimate of drug-likeness (QED) is 0.700. The third kappa shape index (κ3) is 4.23. The number of nitrogens with one attached hydrogen (secondary N) is 1. The molecule has 5 nitrogen and oxygen atoms in total. The Bertz CT molecular complexity index is 769. The molecule has 0 fully saturated rings. The molecule has 0 bridgehead atoms. The zero-order chi connectivity index (χ0) is 16.1. The van der Waals surface area contributed by atoms with Crippen molar-refractivity contribution in [2.45, 2.75) is 11.8 Å². The van der Waals surface area contributed by atoms with Gasteiger partial charge in [-0.2, -0.15) is 0 Å². The normalized spacial score (nSPS) is 10.7. The first-order chi connectivity index (χ1) is 11.2. The summed E-state index contributed by atoms with van der Waals surface area (Å²) in [6, 6.07) is 9.48. The molecular formula is C16H13FN2O3S. The van der Waals surface area contributed by atoms with Crippen molar-refractivity contribution < 1.29 is 18.0 Å². The number of thioether (sulfide) groups is 1. The molecule has 118 valence electrons. The highest BCUT2D eigenvalue weighted by molar-refractivity contribution is 7.99. The van der Waals surface area contributed by atoms with Gasteiger partial charge in [-0.05, 0) is 36.4 Å². The predicted molar refractivity (Wildman–Crippen MR) is 83.2 cm³/mol. The van der Waals surface area contributed by atoms with Crippen molar-refractivity contribution in [3.8, 4) is 11.3 Å². The first-order valence-electron chi connectivity index (χ1n) is 6.84. The lowest BCUT2D eigenvalue weighted by Gasteiger charge is -2.01. The van der Waals surface area contributed by atoms with Crippen molar-refractivity contribution in [2.24, 2.45) is 0 Å². The summed E-state index contributed by atoms with van der Waals surface area (Å²) in [6.07, 6.45) is 3.11. The number of rotatable bonds is 6. The Hall–Kier alpha value is -2.54. The van der Waals surface area contributed by atoms with Crippen LogP contribution in [0, 0.1) is 5.82 Å². The number of carbonyl (C=O) groups is 1. The molecule has 3 aromatic rings. The number of hydrogen-bond acceptors (Lipinski definition) is 5. The molecule has 0 saturated heterocycles. The van der Waals surface area contributed by atoms with E-state index in [0.717, 1.165) is 5.56 Å². The van der Waals surface area contributed by atoms with E-state index in [2.05, 4.69) is 10.3 Å². The maximum Gasteiger partial charge on any atom is 0.256 e. The second kappa shape index (κ2) is 7.15. The Morgan fingerprint density at radius 1 is 1.26 bits per heavy atom. The smallest absolute Gasteiger partial charge is 0.256 e. The van der Waals surface area contributed by atoms with Crippen LogP contribution in [-0.4, -0.2) is 16.6 Å². The maximum absolute atomic E-state index is 12.9. The van der Waals surface area contributed by atoms with Crippen LogP contribution in [0.5, 0.6) is 0 Å². The SMILES string of the molecule is O=C(CSc1ncc(-c2ccc(F)cc2)o1)NCc1ccco1. The standard InChI is InChI=1S/C16H13FN2O3S/c17-12-5-3-11(4-6-12)14-9-19-16(22-14)23-10-15(20)18-8-13-2-1-7-21-13/h1-7,9H,8,10H2,(H,18,20). The zero-order valence-electron chi connectivity index (χ0n) is 12.0. The molecule has 0 atom stereocenters. The summed E-state index contributed by atoms with van der Waals surface area (Å²) in [5, 5.41) is 3.12. The number of halogens is 1. The number of hydrogen-bond donors (Lipinski definition) is 1. The fourth-order valence-electron chi connectivity index (χ4n) is 1.85. The van der Waals surface area contributed by atoms with E-state index in [4.69, 9.17) is 8.83 Å². The molecule has 1 aromatic carbocycles. The van der Waals surface area contributed by atoms with E-state index in [-0.39, 0.29) is 17.5 Å². The van der Waals surface area contributed by atoms with Crippen LogP contribution in [0.1, 0.15) is 5.76 Å². The maximum atomic E-state index is 12.9. The summed E-state index contributed by atoms with van der Waals surface area (Å²) in [6.45, 7) is 0.346. The van der Waals surface area contributed by atoms with E-state index >= 15 is 0 Å². The lowest BCUT2D eigenvalue weighted by atomic mass is 10.2. The molecule has 0 aliphatic heterocycles. The van der Waals surface area contributed by atoms with Crippen molar-refractivity contribution >= 4 is 17.7 Å². The van der Waals surface area contributed by atoms with Gasteiger partial charge in [0, 0.05) is 5.56 Å². The lowest BCUT2D eigenvalue weighted by Crippen LogP contribution is -2.24. The van der Waals surface area contributed by atoms with Crippen LogP contribution < -0.4 is 5.32 Å². The predicted octanol–water partition coefficient (Wildman–Crippen LogP) is 3.48. The summed E-state index contributed by atoms with van der Waals surface area (Å²) < 4.78 is 23.6. The molecule has 0 spiro atoms. The molecular weight excluding hydrogens is 319 g/mol. The van der Waals surface area contributed by atoms with Gasteiger partial charge in [0.05, 0.1) is 24.8 Å². The molecule has 7 heteroatoms. The van der Waals surface area contributed by atoms with Crippen LogP contribution in [0.25, 0.3) is 11.3 Å². The van der Waals surface area contributed by atoms with E-state index < -0.39 is 0 Å². The van der Waals surface area contributed by atoms with Gasteiger partial charge in [0.2, 0.25) is 5.91 Å². The molecule has 1 amide bonds. The van der Waals surface area contributed by atoms with Crippen molar-refractivity contribution in [3.05, 3.63) is 60.4 Å². The summed E-state index contributed by atoms with van der Waals surface area (Å²) in [4.78, 5) is 15.8. The Labute approximate surface area is 135 Å². The van der Waals surface area contributed by atoms with Gasteiger partial charge in [0.1, 0.15) is 11.6 Å². The number of benzene rings is 1. The Morgan fingerprint density at radius 2 is 2.09 bits per heavy atom. The van der Waals surface area contributed by atoms with Crippen molar-refractivity contribution in [3.63, 3.8) is 0 Å². The van der Waals surface area contributed by atoms with Gasteiger partial charge in [0.25, 0.3) is 5.22 Å². The van der Waals surface area contributed by atoms with Gasteiger partial charge in [-0.25, -0.2) is 9.37 Å². The molecule has 0 unspecified atom stereocenters. The Kier molecular flexibility index (Phi) is 4.77.